The van der Waals surface area contributed by atoms with Crippen LogP contribution in [0.4, 0.5) is 0 Å². The molecule has 58 valence electrons. The molecule has 0 saturated carbocycles. The van der Waals surface area contributed by atoms with Gasteiger partial charge in [0.15, 0.2) is 0 Å². The molecule has 0 aliphatic rings. The first-order chi connectivity index (χ1) is 4.74. The van der Waals surface area contributed by atoms with Crippen LogP contribution in [-0.2, 0) is 0 Å². The van der Waals surface area contributed by atoms with E-state index in [2.05, 4.69) is 15.9 Å². The van der Waals surface area contributed by atoms with Gasteiger partial charge in [-0.25, -0.2) is 0 Å². The van der Waals surface area contributed by atoms with Gasteiger partial charge in [0, 0.05) is 4.47 Å². The number of methoxy groups -OCH3 is 1. The van der Waals surface area contributed by atoms with Crippen LogP contribution in [0.15, 0.2) is 22.7 Å². The van der Waals surface area contributed by atoms with E-state index in [0.717, 1.165) is 10.2 Å². The number of hydrogen-bond donors (Lipinski definition) is 0. The molecular formula is C7H8BrClMgO. The molecule has 0 bridgehead atoms. The van der Waals surface area contributed by atoms with E-state index in [1.54, 1.807) is 13.2 Å². The zero-order valence-electron chi connectivity index (χ0n) is 8.10. The van der Waals surface area contributed by atoms with E-state index in [-0.39, 0.29) is 25.9 Å². The first-order valence-electron chi connectivity index (χ1n) is 2.73. The minimum atomic E-state index is 0. The average Bonchev–Trinajstić information content (AvgIpc) is 1.95. The van der Waals surface area contributed by atoms with E-state index >= 15 is 0 Å². The van der Waals surface area contributed by atoms with Crippen molar-refractivity contribution in [3.8, 4) is 5.75 Å². The third kappa shape index (κ3) is 3.19. The van der Waals surface area contributed by atoms with Crippen LogP contribution in [0.3, 0.4) is 0 Å². The number of rotatable bonds is 1. The van der Waals surface area contributed by atoms with Crippen molar-refractivity contribution in [2.45, 2.75) is 0 Å². The minimum absolute atomic E-state index is 0. The third-order valence-electron chi connectivity index (χ3n) is 1.13. The normalized spacial score (nSPS) is 8.64. The van der Waals surface area contributed by atoms with E-state index in [1.165, 1.54) is 0 Å². The van der Waals surface area contributed by atoms with Crippen LogP contribution in [0.25, 0.3) is 0 Å². The Morgan fingerprint density at radius 1 is 1.55 bits per heavy atom. The van der Waals surface area contributed by atoms with Crippen LogP contribution >= 0.6 is 27.5 Å². The summed E-state index contributed by atoms with van der Waals surface area (Å²) in [6, 6.07) is 5.45. The molecule has 1 aromatic rings. The van der Waals surface area contributed by atoms with Crippen LogP contribution in [-0.4, -0.2) is 30.2 Å². The second-order valence-electron chi connectivity index (χ2n) is 1.78. The largest absolute Gasteiger partial charge is 2.00 e. The zero-order chi connectivity index (χ0) is 7.56. The van der Waals surface area contributed by atoms with Crippen molar-refractivity contribution in [3.05, 3.63) is 27.7 Å². The maximum Gasteiger partial charge on any atom is 2.00 e. The van der Waals surface area contributed by atoms with Gasteiger partial charge in [-0.2, -0.15) is 0 Å². The molecule has 0 spiro atoms. The molecule has 11 heavy (non-hydrogen) atoms. The van der Waals surface area contributed by atoms with Crippen LogP contribution in [0.1, 0.15) is 2.85 Å². The standard InChI is InChI=1S/C7H6BrClO.Mg.2H/c1-10-5-2-3-6(8)7(9)4-5;;;/h2-4H,1H3;;;/q;+2;2*-1. The molecule has 0 fully saturated rings. The molecule has 1 rings (SSSR count). The summed E-state index contributed by atoms with van der Waals surface area (Å²) >= 11 is 9.04. The van der Waals surface area contributed by atoms with Crippen LogP contribution in [0, 0.1) is 0 Å². The number of halogens is 2. The van der Waals surface area contributed by atoms with Crippen molar-refractivity contribution >= 4 is 50.6 Å². The molecule has 0 aromatic heterocycles. The number of benzene rings is 1. The Bertz CT molecular complexity index is 250. The van der Waals surface area contributed by atoms with Crippen molar-refractivity contribution in [2.24, 2.45) is 0 Å². The summed E-state index contributed by atoms with van der Waals surface area (Å²) < 4.78 is 5.83. The maximum absolute atomic E-state index is 5.77. The molecule has 0 atom stereocenters. The molecule has 0 aliphatic heterocycles. The fourth-order valence-corrected chi connectivity index (χ4v) is 1.02. The van der Waals surface area contributed by atoms with Crippen molar-refractivity contribution in [2.75, 3.05) is 7.11 Å². The summed E-state index contributed by atoms with van der Waals surface area (Å²) in [4.78, 5) is 0. The van der Waals surface area contributed by atoms with Gasteiger partial charge in [-0.05, 0) is 34.1 Å². The van der Waals surface area contributed by atoms with E-state index in [1.807, 2.05) is 12.1 Å². The second-order valence-corrected chi connectivity index (χ2v) is 3.04. The maximum atomic E-state index is 5.77. The molecule has 0 radical (unpaired) electrons. The molecule has 0 saturated heterocycles. The van der Waals surface area contributed by atoms with Gasteiger partial charge < -0.3 is 7.59 Å². The second kappa shape index (κ2) is 5.25. The van der Waals surface area contributed by atoms with Gasteiger partial charge in [0.25, 0.3) is 0 Å². The Kier molecular flexibility index (Phi) is 5.51. The van der Waals surface area contributed by atoms with Crippen LogP contribution in [0.5, 0.6) is 5.75 Å². The Morgan fingerprint density at radius 2 is 2.18 bits per heavy atom. The van der Waals surface area contributed by atoms with Crippen molar-refractivity contribution in [1.29, 1.82) is 0 Å². The Hall–Kier alpha value is 0.556. The molecule has 1 aromatic carbocycles. The number of hydrogen-bond acceptors (Lipinski definition) is 1. The predicted octanol–water partition coefficient (Wildman–Crippen LogP) is 2.96. The molecule has 0 unspecified atom stereocenters. The summed E-state index contributed by atoms with van der Waals surface area (Å²) in [5.41, 5.74) is 0. The van der Waals surface area contributed by atoms with Gasteiger partial charge in [-0.3, -0.25) is 0 Å². The summed E-state index contributed by atoms with van der Waals surface area (Å²) in [7, 11) is 1.61. The Balaban J connectivity index is -0.000000333. The summed E-state index contributed by atoms with van der Waals surface area (Å²) in [6.45, 7) is 0. The quantitative estimate of drug-likeness (QED) is 0.694. The minimum Gasteiger partial charge on any atom is -1.00 e. The molecule has 4 heteroatoms. The van der Waals surface area contributed by atoms with Gasteiger partial charge in [0.2, 0.25) is 0 Å². The predicted molar refractivity (Wildman–Crippen MR) is 53.7 cm³/mol. The average molecular weight is 248 g/mol. The monoisotopic (exact) mass is 246 g/mol. The number of ether oxygens (including phenoxy) is 1. The molecule has 0 aliphatic carbocycles. The van der Waals surface area contributed by atoms with Gasteiger partial charge >= 0.3 is 23.1 Å². The van der Waals surface area contributed by atoms with Gasteiger partial charge in [0.1, 0.15) is 5.75 Å². The molecule has 0 heterocycles. The van der Waals surface area contributed by atoms with Crippen molar-refractivity contribution in [3.63, 3.8) is 0 Å². The molecule has 1 nitrogen and oxygen atoms in total. The molecular weight excluding hydrogens is 240 g/mol. The first-order valence-corrected chi connectivity index (χ1v) is 3.90. The Labute approximate surface area is 98.3 Å². The third-order valence-corrected chi connectivity index (χ3v) is 2.36. The van der Waals surface area contributed by atoms with Gasteiger partial charge in [-0.15, -0.1) is 0 Å². The molecule has 0 N–H and O–H groups in total. The Morgan fingerprint density at radius 3 is 2.64 bits per heavy atom. The van der Waals surface area contributed by atoms with Crippen LogP contribution in [0.2, 0.25) is 5.02 Å². The molecule has 0 amide bonds. The van der Waals surface area contributed by atoms with E-state index < -0.39 is 0 Å². The van der Waals surface area contributed by atoms with Gasteiger partial charge in [0.05, 0.1) is 12.1 Å². The summed E-state index contributed by atoms with van der Waals surface area (Å²) in [6.07, 6.45) is 0. The SMILES string of the molecule is COc1ccc(Br)c(Cl)c1.[H-].[H-].[Mg+2]. The van der Waals surface area contributed by atoms with E-state index in [0.29, 0.717) is 5.02 Å². The smallest absolute Gasteiger partial charge is 1.00 e. The van der Waals surface area contributed by atoms with Gasteiger partial charge in [-0.1, -0.05) is 11.6 Å². The fraction of sp³-hybridized carbons (Fsp3) is 0.143. The zero-order valence-corrected chi connectivity index (χ0v) is 9.86. The topological polar surface area (TPSA) is 9.23 Å². The van der Waals surface area contributed by atoms with E-state index in [4.69, 9.17) is 16.3 Å². The van der Waals surface area contributed by atoms with Crippen molar-refractivity contribution < 1.29 is 7.59 Å². The van der Waals surface area contributed by atoms with E-state index in [9.17, 15) is 0 Å². The first kappa shape index (κ1) is 11.6. The summed E-state index contributed by atoms with van der Waals surface area (Å²) in [5.74, 6) is 0.771. The summed E-state index contributed by atoms with van der Waals surface area (Å²) in [5, 5.41) is 0.666. The van der Waals surface area contributed by atoms with Crippen LogP contribution < -0.4 is 4.74 Å². The van der Waals surface area contributed by atoms with Crippen molar-refractivity contribution in [1.82, 2.24) is 0 Å². The fourth-order valence-electron chi connectivity index (χ4n) is 0.604.